The van der Waals surface area contributed by atoms with Crippen LogP contribution in [-0.2, 0) is 16.1 Å². The number of carbonyl (C=O) groups excluding carboxylic acids is 1. The van der Waals surface area contributed by atoms with Crippen LogP contribution in [0.1, 0.15) is 77.3 Å². The quantitative estimate of drug-likeness (QED) is 0.236. The molecular weight excluding hydrogens is 432 g/mol. The van der Waals surface area contributed by atoms with Gasteiger partial charge in [0.1, 0.15) is 5.60 Å². The molecule has 0 amide bonds. The van der Waals surface area contributed by atoms with Gasteiger partial charge in [-0.15, -0.1) is 0 Å². The number of nitrogens with one attached hydrogen (secondary N) is 1. The van der Waals surface area contributed by atoms with E-state index >= 15 is 0 Å². The maximum atomic E-state index is 11.8. The summed E-state index contributed by atoms with van der Waals surface area (Å²) < 4.78 is 12.9. The third kappa shape index (κ3) is 7.33. The van der Waals surface area contributed by atoms with Crippen molar-refractivity contribution < 1.29 is 14.3 Å². The molecule has 0 aliphatic heterocycles. The number of nitrogens with zero attached hydrogens (tertiary/aromatic N) is 4. The monoisotopic (exact) mass is 468 g/mol. The number of hydrogen-bond donors (Lipinski definition) is 2. The molecule has 0 radical (unpaired) electrons. The van der Waals surface area contributed by atoms with E-state index in [-0.39, 0.29) is 11.9 Å². The number of nitrogens with two attached hydrogens (primary N) is 1. The Hall–Kier alpha value is -3.36. The highest BCUT2D eigenvalue weighted by Gasteiger charge is 2.17. The summed E-state index contributed by atoms with van der Waals surface area (Å²) in [6, 6.07) is 8.00. The van der Waals surface area contributed by atoms with E-state index in [1.165, 1.54) is 0 Å². The van der Waals surface area contributed by atoms with E-state index in [9.17, 15) is 4.79 Å². The van der Waals surface area contributed by atoms with Gasteiger partial charge in [-0.1, -0.05) is 26.0 Å². The zero-order chi connectivity index (χ0) is 24.7. The summed E-state index contributed by atoms with van der Waals surface area (Å²) in [5, 5.41) is 7.81. The van der Waals surface area contributed by atoms with Crippen LogP contribution in [0.15, 0.2) is 30.5 Å². The number of aromatic nitrogens is 4. The van der Waals surface area contributed by atoms with Crippen molar-refractivity contribution in [2.24, 2.45) is 0 Å². The lowest BCUT2D eigenvalue weighted by molar-refractivity contribution is -0.154. The van der Waals surface area contributed by atoms with Gasteiger partial charge in [0.15, 0.2) is 5.65 Å². The van der Waals surface area contributed by atoms with E-state index in [2.05, 4.69) is 34.2 Å². The van der Waals surface area contributed by atoms with Crippen LogP contribution in [0.25, 0.3) is 5.65 Å². The highest BCUT2D eigenvalue weighted by atomic mass is 16.6. The lowest BCUT2D eigenvalue weighted by Crippen LogP contribution is -2.23. The van der Waals surface area contributed by atoms with Gasteiger partial charge in [-0.2, -0.15) is 19.6 Å². The molecule has 184 valence electrons. The van der Waals surface area contributed by atoms with Crippen LogP contribution in [-0.4, -0.2) is 37.8 Å². The second kappa shape index (κ2) is 11.2. The number of carbonyl (C=O) groups is 1. The molecule has 0 aliphatic carbocycles. The minimum Gasteiger partial charge on any atom is -0.463 e. The number of nitrogen functional groups attached to an aromatic ring is 1. The number of benzene rings is 1. The van der Waals surface area contributed by atoms with Crippen LogP contribution in [0.2, 0.25) is 0 Å². The van der Waals surface area contributed by atoms with E-state index in [0.717, 1.165) is 36.0 Å². The third-order valence-corrected chi connectivity index (χ3v) is 5.07. The number of hydrogen-bond acceptors (Lipinski definition) is 8. The number of unbranched alkanes of at least 4 members (excludes halogenated alkanes) is 2. The molecule has 9 heteroatoms. The topological polar surface area (TPSA) is 117 Å². The van der Waals surface area contributed by atoms with Gasteiger partial charge in [0.05, 0.1) is 12.8 Å². The minimum atomic E-state index is -0.447. The molecule has 0 unspecified atom stereocenters. The van der Waals surface area contributed by atoms with Gasteiger partial charge >= 0.3 is 12.0 Å². The lowest BCUT2D eigenvalue weighted by Gasteiger charge is -2.19. The summed E-state index contributed by atoms with van der Waals surface area (Å²) in [4.78, 5) is 21.0. The summed E-state index contributed by atoms with van der Waals surface area (Å²) in [6.07, 6.45) is 4.63. The van der Waals surface area contributed by atoms with Gasteiger partial charge in [-0.3, -0.25) is 4.79 Å². The zero-order valence-corrected chi connectivity index (χ0v) is 20.8. The lowest BCUT2D eigenvalue weighted by atomic mass is 10.1. The Bertz CT molecular complexity index is 1100. The van der Waals surface area contributed by atoms with Crippen molar-refractivity contribution in [1.82, 2.24) is 19.6 Å². The highest BCUT2D eigenvalue weighted by Crippen LogP contribution is 2.23. The van der Waals surface area contributed by atoms with E-state index in [4.69, 9.17) is 15.2 Å². The Balaban J connectivity index is 1.61. The zero-order valence-electron chi connectivity index (χ0n) is 20.8. The van der Waals surface area contributed by atoms with Crippen molar-refractivity contribution >= 4 is 23.3 Å². The molecule has 9 nitrogen and oxygen atoms in total. The molecule has 34 heavy (non-hydrogen) atoms. The van der Waals surface area contributed by atoms with Gasteiger partial charge in [0.25, 0.3) is 0 Å². The number of anilines is 2. The largest absolute Gasteiger partial charge is 0.463 e. The first-order valence-electron chi connectivity index (χ1n) is 11.8. The molecule has 0 bridgehead atoms. The Labute approximate surface area is 201 Å². The first-order valence-corrected chi connectivity index (χ1v) is 11.8. The predicted molar refractivity (Wildman–Crippen MR) is 133 cm³/mol. The summed E-state index contributed by atoms with van der Waals surface area (Å²) in [5.74, 6) is 0.647. The van der Waals surface area contributed by atoms with Crippen LogP contribution in [0.3, 0.4) is 0 Å². The molecule has 0 spiro atoms. The Morgan fingerprint density at radius 3 is 2.68 bits per heavy atom. The Morgan fingerprint density at radius 2 is 1.97 bits per heavy atom. The molecule has 2 aromatic heterocycles. The maximum Gasteiger partial charge on any atom is 0.321 e. The van der Waals surface area contributed by atoms with Crippen LogP contribution < -0.4 is 15.8 Å². The van der Waals surface area contributed by atoms with Crippen LogP contribution >= 0.6 is 0 Å². The van der Waals surface area contributed by atoms with Crippen molar-refractivity contribution in [2.75, 3.05) is 17.7 Å². The third-order valence-electron chi connectivity index (χ3n) is 5.07. The first kappa shape index (κ1) is 25.3. The summed E-state index contributed by atoms with van der Waals surface area (Å²) in [5.41, 5.74) is 8.94. The minimum absolute atomic E-state index is 0.167. The average Bonchev–Trinajstić information content (AvgIpc) is 3.18. The number of esters is 1. The van der Waals surface area contributed by atoms with Gasteiger partial charge in [0.2, 0.25) is 5.95 Å². The standard InChI is InChI=1S/C25H36N6O3/c1-17(2)20-16-28-31-22(20)29-24(30-23(31)27-15-18-10-9-11-19(26)14-18)33-13-8-6-7-12-21(32)34-25(3,4)5/h9-11,14,16-17H,6-8,12-13,15,26H2,1-5H3,(H,27,29,30). The number of ether oxygens (including phenoxy) is 2. The van der Waals surface area contributed by atoms with Gasteiger partial charge in [-0.05, 0) is 63.6 Å². The van der Waals surface area contributed by atoms with Crippen LogP contribution in [0, 0.1) is 0 Å². The molecule has 0 fully saturated rings. The number of fused-ring (bicyclic) bond motifs is 1. The molecule has 0 saturated carbocycles. The summed E-state index contributed by atoms with van der Waals surface area (Å²) >= 11 is 0. The molecule has 3 aromatic rings. The molecule has 0 aliphatic rings. The Kier molecular flexibility index (Phi) is 8.31. The second-order valence-electron chi connectivity index (χ2n) is 9.66. The normalized spacial score (nSPS) is 11.7. The van der Waals surface area contributed by atoms with Crippen molar-refractivity contribution in [3.05, 3.63) is 41.6 Å². The fraction of sp³-hybridized carbons (Fsp3) is 0.520. The summed E-state index contributed by atoms with van der Waals surface area (Å²) in [6.45, 7) is 10.8. The van der Waals surface area contributed by atoms with E-state index in [0.29, 0.717) is 37.2 Å². The molecule has 3 N–H and O–H groups in total. The fourth-order valence-electron chi connectivity index (χ4n) is 3.45. The molecule has 0 saturated heterocycles. The fourth-order valence-corrected chi connectivity index (χ4v) is 3.45. The summed E-state index contributed by atoms with van der Waals surface area (Å²) in [7, 11) is 0. The molecule has 1 aromatic carbocycles. The molecule has 2 heterocycles. The second-order valence-corrected chi connectivity index (χ2v) is 9.66. The van der Waals surface area contributed by atoms with Crippen LogP contribution in [0.4, 0.5) is 11.6 Å². The van der Waals surface area contributed by atoms with E-state index in [1.807, 2.05) is 51.2 Å². The molecule has 0 atom stereocenters. The smallest absolute Gasteiger partial charge is 0.321 e. The predicted octanol–water partition coefficient (Wildman–Crippen LogP) is 4.72. The van der Waals surface area contributed by atoms with Crippen molar-refractivity contribution in [3.63, 3.8) is 0 Å². The average molecular weight is 469 g/mol. The molecule has 3 rings (SSSR count). The maximum absolute atomic E-state index is 11.8. The van der Waals surface area contributed by atoms with Gasteiger partial charge in [-0.25, -0.2) is 0 Å². The van der Waals surface area contributed by atoms with E-state index in [1.54, 1.807) is 4.52 Å². The van der Waals surface area contributed by atoms with Crippen molar-refractivity contribution in [2.45, 2.75) is 78.4 Å². The van der Waals surface area contributed by atoms with Gasteiger partial charge < -0.3 is 20.5 Å². The van der Waals surface area contributed by atoms with Gasteiger partial charge in [0, 0.05) is 24.2 Å². The SMILES string of the molecule is CC(C)c1cnn2c(NCc3cccc(N)c3)nc(OCCCCCC(=O)OC(C)(C)C)nc12. The Morgan fingerprint density at radius 1 is 1.18 bits per heavy atom. The number of rotatable bonds is 11. The molecular formula is C25H36N6O3. The van der Waals surface area contributed by atoms with Crippen LogP contribution in [0.5, 0.6) is 6.01 Å². The van der Waals surface area contributed by atoms with E-state index < -0.39 is 5.60 Å². The highest BCUT2D eigenvalue weighted by molar-refractivity contribution is 5.69. The van der Waals surface area contributed by atoms with Crippen molar-refractivity contribution in [1.29, 1.82) is 0 Å². The first-order chi connectivity index (χ1) is 16.1. The van der Waals surface area contributed by atoms with Crippen molar-refractivity contribution in [3.8, 4) is 6.01 Å².